The third-order valence-electron chi connectivity index (χ3n) is 2.10. The fourth-order valence-corrected chi connectivity index (χ4v) is 1.37. The maximum Gasteiger partial charge on any atom is 0.310 e. The van der Waals surface area contributed by atoms with E-state index in [4.69, 9.17) is 14.2 Å². The predicted octanol–water partition coefficient (Wildman–Crippen LogP) is 2.45. The van der Waals surface area contributed by atoms with Crippen molar-refractivity contribution in [2.45, 2.75) is 20.8 Å². The summed E-state index contributed by atoms with van der Waals surface area (Å²) in [6, 6.07) is 5.36. The molecule has 0 aliphatic carbocycles. The van der Waals surface area contributed by atoms with Gasteiger partial charge >= 0.3 is 5.97 Å². The van der Waals surface area contributed by atoms with Crippen LogP contribution >= 0.6 is 0 Å². The molecular formula is C13H20O4. The van der Waals surface area contributed by atoms with Crippen LogP contribution in [0.15, 0.2) is 18.2 Å². The molecule has 1 aromatic rings. The van der Waals surface area contributed by atoms with Crippen LogP contribution in [-0.2, 0) is 16.0 Å². The minimum absolute atomic E-state index is 0. The monoisotopic (exact) mass is 240 g/mol. The van der Waals surface area contributed by atoms with Gasteiger partial charge in [-0.15, -0.1) is 0 Å². The Hall–Kier alpha value is -1.71. The molecule has 0 heterocycles. The van der Waals surface area contributed by atoms with E-state index in [0.717, 1.165) is 5.56 Å². The zero-order valence-electron chi connectivity index (χ0n) is 9.78. The Bertz CT molecular complexity index is 360. The highest BCUT2D eigenvalue weighted by Crippen LogP contribution is 2.27. The molecule has 0 unspecified atom stereocenters. The molecule has 4 nitrogen and oxygen atoms in total. The van der Waals surface area contributed by atoms with Gasteiger partial charge < -0.3 is 14.2 Å². The minimum Gasteiger partial charge on any atom is -0.493 e. The molecule has 0 aromatic heterocycles. The summed E-state index contributed by atoms with van der Waals surface area (Å²) in [6.45, 7) is 2.18. The van der Waals surface area contributed by atoms with E-state index in [2.05, 4.69) is 0 Å². The van der Waals surface area contributed by atoms with Crippen LogP contribution in [0.2, 0.25) is 0 Å². The number of ether oxygens (including phenoxy) is 3. The lowest BCUT2D eigenvalue weighted by atomic mass is 10.1. The van der Waals surface area contributed by atoms with Gasteiger partial charge in [0.25, 0.3) is 0 Å². The topological polar surface area (TPSA) is 44.8 Å². The van der Waals surface area contributed by atoms with Gasteiger partial charge in [0, 0.05) is 0 Å². The van der Waals surface area contributed by atoms with Crippen LogP contribution in [0.4, 0.5) is 0 Å². The second-order valence-corrected chi connectivity index (χ2v) is 3.17. The molecule has 0 bridgehead atoms. The van der Waals surface area contributed by atoms with Gasteiger partial charge in [-0.1, -0.05) is 13.5 Å². The van der Waals surface area contributed by atoms with Gasteiger partial charge in [0.15, 0.2) is 11.5 Å². The summed E-state index contributed by atoms with van der Waals surface area (Å²) in [7, 11) is 3.13. The zero-order chi connectivity index (χ0) is 12.0. The van der Waals surface area contributed by atoms with Crippen LogP contribution in [0.5, 0.6) is 11.5 Å². The number of benzene rings is 1. The second kappa shape index (κ2) is 7.54. The highest BCUT2D eigenvalue weighted by molar-refractivity contribution is 5.72. The van der Waals surface area contributed by atoms with Crippen LogP contribution in [0, 0.1) is 0 Å². The Morgan fingerprint density at radius 3 is 2.35 bits per heavy atom. The maximum absolute atomic E-state index is 11.3. The van der Waals surface area contributed by atoms with Gasteiger partial charge in [-0.3, -0.25) is 4.79 Å². The molecule has 4 heteroatoms. The van der Waals surface area contributed by atoms with Crippen molar-refractivity contribution in [2.24, 2.45) is 0 Å². The van der Waals surface area contributed by atoms with E-state index in [9.17, 15) is 4.79 Å². The minimum atomic E-state index is -0.241. The zero-order valence-corrected chi connectivity index (χ0v) is 9.78. The Kier molecular flexibility index (Phi) is 6.79. The number of esters is 1. The Balaban J connectivity index is 0.00000256. The quantitative estimate of drug-likeness (QED) is 0.741. The fourth-order valence-electron chi connectivity index (χ4n) is 1.37. The van der Waals surface area contributed by atoms with Gasteiger partial charge in [-0.05, 0) is 24.6 Å². The molecule has 17 heavy (non-hydrogen) atoms. The summed E-state index contributed by atoms with van der Waals surface area (Å²) in [5.41, 5.74) is 0.844. The summed E-state index contributed by atoms with van der Waals surface area (Å²) in [5, 5.41) is 0. The Morgan fingerprint density at radius 1 is 1.18 bits per heavy atom. The molecule has 0 aliphatic heterocycles. The van der Waals surface area contributed by atoms with Crippen molar-refractivity contribution in [1.29, 1.82) is 0 Å². The molecule has 0 saturated heterocycles. The van der Waals surface area contributed by atoms with Crippen LogP contribution in [0.3, 0.4) is 0 Å². The fraction of sp³-hybridized carbons (Fsp3) is 0.462. The standard InChI is InChI=1S/C12H16O4.CH4/c1-4-16-12(13)8-9-5-6-10(14-2)11(7-9)15-3;/h5-7H,4,8H2,1-3H3;1H4. The van der Waals surface area contributed by atoms with E-state index in [1.807, 2.05) is 6.07 Å². The van der Waals surface area contributed by atoms with E-state index >= 15 is 0 Å². The third kappa shape index (κ3) is 4.34. The van der Waals surface area contributed by atoms with Crippen LogP contribution in [-0.4, -0.2) is 26.8 Å². The summed E-state index contributed by atoms with van der Waals surface area (Å²) >= 11 is 0. The molecule has 0 saturated carbocycles. The van der Waals surface area contributed by atoms with Crippen molar-refractivity contribution in [1.82, 2.24) is 0 Å². The summed E-state index contributed by atoms with van der Waals surface area (Å²) in [4.78, 5) is 11.3. The van der Waals surface area contributed by atoms with Gasteiger partial charge in [-0.2, -0.15) is 0 Å². The van der Waals surface area contributed by atoms with Crippen molar-refractivity contribution >= 4 is 5.97 Å². The number of rotatable bonds is 5. The smallest absolute Gasteiger partial charge is 0.310 e. The maximum atomic E-state index is 11.3. The lowest BCUT2D eigenvalue weighted by Crippen LogP contribution is -2.07. The lowest BCUT2D eigenvalue weighted by Gasteiger charge is -2.09. The van der Waals surface area contributed by atoms with E-state index < -0.39 is 0 Å². The van der Waals surface area contributed by atoms with Crippen LogP contribution in [0.1, 0.15) is 19.9 Å². The first-order valence-corrected chi connectivity index (χ1v) is 5.07. The lowest BCUT2D eigenvalue weighted by molar-refractivity contribution is -0.142. The summed E-state index contributed by atoms with van der Waals surface area (Å²) in [5.74, 6) is 1.02. The van der Waals surface area contributed by atoms with Crippen molar-refractivity contribution in [2.75, 3.05) is 20.8 Å². The van der Waals surface area contributed by atoms with E-state index in [0.29, 0.717) is 18.1 Å². The highest BCUT2D eigenvalue weighted by Gasteiger charge is 2.08. The normalized spacial score (nSPS) is 9.12. The van der Waals surface area contributed by atoms with Gasteiger partial charge in [-0.25, -0.2) is 0 Å². The summed E-state index contributed by atoms with van der Waals surface area (Å²) < 4.78 is 15.1. The molecule has 0 atom stereocenters. The van der Waals surface area contributed by atoms with Gasteiger partial charge in [0.05, 0.1) is 27.2 Å². The molecule has 96 valence electrons. The van der Waals surface area contributed by atoms with Gasteiger partial charge in [0.1, 0.15) is 0 Å². The first-order chi connectivity index (χ1) is 7.71. The average Bonchev–Trinajstić information content (AvgIpc) is 2.29. The molecule has 0 radical (unpaired) electrons. The van der Waals surface area contributed by atoms with Crippen molar-refractivity contribution in [3.05, 3.63) is 23.8 Å². The average molecular weight is 240 g/mol. The van der Waals surface area contributed by atoms with Crippen LogP contribution < -0.4 is 9.47 Å². The number of methoxy groups -OCH3 is 2. The van der Waals surface area contributed by atoms with Crippen molar-refractivity contribution in [3.8, 4) is 11.5 Å². The number of hydrogen-bond acceptors (Lipinski definition) is 4. The van der Waals surface area contributed by atoms with Crippen LogP contribution in [0.25, 0.3) is 0 Å². The molecule has 1 aromatic carbocycles. The summed E-state index contributed by atoms with van der Waals surface area (Å²) in [6.07, 6.45) is 0.244. The van der Waals surface area contributed by atoms with Crippen molar-refractivity contribution in [3.63, 3.8) is 0 Å². The molecule has 0 amide bonds. The highest BCUT2D eigenvalue weighted by atomic mass is 16.5. The number of hydrogen-bond donors (Lipinski definition) is 0. The van der Waals surface area contributed by atoms with E-state index in [1.54, 1.807) is 33.3 Å². The molecule has 1 rings (SSSR count). The SMILES string of the molecule is C.CCOC(=O)Cc1ccc(OC)c(OC)c1. The van der Waals surface area contributed by atoms with Crippen molar-refractivity contribution < 1.29 is 19.0 Å². The second-order valence-electron chi connectivity index (χ2n) is 3.17. The molecule has 0 spiro atoms. The third-order valence-corrected chi connectivity index (χ3v) is 2.10. The molecule has 0 aliphatic rings. The predicted molar refractivity (Wildman–Crippen MR) is 66.6 cm³/mol. The number of carbonyl (C=O) groups is 1. The molecular weight excluding hydrogens is 220 g/mol. The first-order valence-electron chi connectivity index (χ1n) is 5.07. The van der Waals surface area contributed by atoms with Gasteiger partial charge in [0.2, 0.25) is 0 Å². The largest absolute Gasteiger partial charge is 0.493 e. The molecule has 0 fully saturated rings. The van der Waals surface area contributed by atoms with E-state index in [-0.39, 0.29) is 19.8 Å². The number of carbonyl (C=O) groups excluding carboxylic acids is 1. The molecule has 0 N–H and O–H groups in total. The van der Waals surface area contributed by atoms with E-state index in [1.165, 1.54) is 0 Å². The Morgan fingerprint density at radius 2 is 1.82 bits per heavy atom. The first kappa shape index (κ1) is 15.3. The Labute approximate surface area is 102 Å².